The van der Waals surface area contributed by atoms with Crippen LogP contribution in [0.4, 0.5) is 34.1 Å². The number of carbonyl (C=O) groups is 3. The van der Waals surface area contributed by atoms with Crippen LogP contribution in [0.5, 0.6) is 5.75 Å². The number of nitrogens with zero attached hydrogens (tertiary/aromatic N) is 2. The van der Waals surface area contributed by atoms with Gasteiger partial charge in [-0.05, 0) is 103 Å². The van der Waals surface area contributed by atoms with Crippen LogP contribution >= 0.6 is 31.9 Å². The van der Waals surface area contributed by atoms with Crippen LogP contribution in [0.15, 0.2) is 155 Å². The lowest BCUT2D eigenvalue weighted by atomic mass is 10.0. The molecule has 282 valence electrons. The predicted molar refractivity (Wildman–Crippen MR) is 221 cm³/mol. The Kier molecular flexibility index (Phi) is 16.8. The van der Waals surface area contributed by atoms with E-state index in [1.54, 1.807) is 17.0 Å². The fourth-order valence-electron chi connectivity index (χ4n) is 5.45. The van der Waals surface area contributed by atoms with Crippen molar-refractivity contribution >= 4 is 90.5 Å². The second-order valence-electron chi connectivity index (χ2n) is 11.0. The highest BCUT2D eigenvalue weighted by Gasteiger charge is 2.24. The Hall–Kier alpha value is -6.33. The molecule has 6 aromatic rings. The van der Waals surface area contributed by atoms with Gasteiger partial charge in [-0.15, -0.1) is 0 Å². The third kappa shape index (κ3) is 11.1. The lowest BCUT2D eigenvalue weighted by molar-refractivity contribution is -0.191. The van der Waals surface area contributed by atoms with Gasteiger partial charge in [0.05, 0.1) is 23.9 Å². The van der Waals surface area contributed by atoms with Crippen molar-refractivity contribution in [2.75, 3.05) is 16.9 Å². The summed E-state index contributed by atoms with van der Waals surface area (Å²) in [6.07, 6.45) is 0.250. The smallest absolute Gasteiger partial charge is 0.373 e. The monoisotopic (exact) mass is 869 g/mol. The summed E-state index contributed by atoms with van der Waals surface area (Å²) in [5.74, 6) is -1.31. The average Bonchev–Trinajstić information content (AvgIpc) is 3.19. The van der Waals surface area contributed by atoms with E-state index < -0.39 is 5.97 Å². The van der Waals surface area contributed by atoms with Crippen molar-refractivity contribution in [2.24, 2.45) is 0 Å². The molecule has 0 bridgehead atoms. The minimum atomic E-state index is -1.12. The lowest BCUT2D eigenvalue weighted by Crippen LogP contribution is -2.16. The zero-order valence-corrected chi connectivity index (χ0v) is 32.1. The van der Waals surface area contributed by atoms with Gasteiger partial charge >= 0.3 is 18.1 Å². The van der Waals surface area contributed by atoms with Crippen molar-refractivity contribution < 1.29 is 40.0 Å². The molecule has 0 aliphatic heterocycles. The molecule has 0 fully saturated rings. The first kappa shape index (κ1) is 43.1. The first-order chi connectivity index (χ1) is 26.1. The number of para-hydroxylation sites is 4. The standard InChI is InChI=1S/C21H18BrNO2.C20H14BrNO4.CO2.CH4.H2/c1-15-7-6-10-19(21(24)25-2)20(15)23(17-8-4-3-5-9-17)18-13-11-16(22)12-14-18;21-14-9-11-16(12-10-14)22(15-5-2-1-3-6-15)19-17(20(24)25)7-4-8-18(19)26-13-23;2-1-3;;/h3-14H,1-2H3;1-13H,(H,24,25);;1H4;1H/i;;;;1+1. The predicted octanol–water partition coefficient (Wildman–Crippen LogP) is 11.5. The number of carbonyl (C=O) groups excluding carboxylic acids is 4. The summed E-state index contributed by atoms with van der Waals surface area (Å²) in [5.41, 5.74) is 6.06. The van der Waals surface area contributed by atoms with Crippen LogP contribution in [-0.2, 0) is 19.1 Å². The van der Waals surface area contributed by atoms with E-state index in [-0.39, 0.29) is 44.4 Å². The van der Waals surface area contributed by atoms with E-state index in [9.17, 15) is 19.5 Å². The molecule has 10 nitrogen and oxygen atoms in total. The summed E-state index contributed by atoms with van der Waals surface area (Å²) in [4.78, 5) is 55.2. The quantitative estimate of drug-likeness (QED) is 0.105. The number of anilines is 6. The van der Waals surface area contributed by atoms with Crippen LogP contribution in [0.3, 0.4) is 0 Å². The maximum Gasteiger partial charge on any atom is 0.373 e. The molecule has 0 amide bonds. The van der Waals surface area contributed by atoms with Crippen LogP contribution in [-0.4, -0.2) is 36.8 Å². The second-order valence-corrected chi connectivity index (χ2v) is 12.8. The molecule has 6 aromatic carbocycles. The van der Waals surface area contributed by atoms with Crippen molar-refractivity contribution in [3.63, 3.8) is 0 Å². The summed E-state index contributed by atoms with van der Waals surface area (Å²) >= 11 is 6.88. The topological polar surface area (TPSA) is 131 Å². The highest BCUT2D eigenvalue weighted by atomic mass is 79.9. The molecule has 12 heteroatoms. The van der Waals surface area contributed by atoms with Crippen molar-refractivity contribution in [3.05, 3.63) is 171 Å². The summed E-state index contributed by atoms with van der Waals surface area (Å²) in [6, 6.07) is 44.9. The van der Waals surface area contributed by atoms with Crippen molar-refractivity contribution in [3.8, 4) is 5.75 Å². The van der Waals surface area contributed by atoms with Crippen molar-refractivity contribution in [1.82, 2.24) is 0 Å². The number of halogens is 2. The molecule has 0 saturated carbocycles. The van der Waals surface area contributed by atoms with E-state index in [1.165, 1.54) is 19.2 Å². The van der Waals surface area contributed by atoms with Crippen LogP contribution in [0.25, 0.3) is 0 Å². The minimum absolute atomic E-state index is 0. The fourth-order valence-corrected chi connectivity index (χ4v) is 5.98. The third-order valence-electron chi connectivity index (χ3n) is 7.69. The lowest BCUT2D eigenvalue weighted by Gasteiger charge is -2.28. The number of methoxy groups -OCH3 is 1. The molecule has 0 aliphatic rings. The van der Waals surface area contributed by atoms with Gasteiger partial charge < -0.3 is 24.4 Å². The first-order valence-electron chi connectivity index (χ1n) is 16.0. The Balaban J connectivity index is 0.000000350. The average molecular weight is 872 g/mol. The van der Waals surface area contributed by atoms with Gasteiger partial charge in [-0.2, -0.15) is 9.59 Å². The molecule has 0 saturated heterocycles. The maximum atomic E-state index is 12.4. The van der Waals surface area contributed by atoms with E-state index in [4.69, 9.17) is 19.1 Å². The zero-order valence-electron chi connectivity index (χ0n) is 28.9. The molecule has 0 spiro atoms. The van der Waals surface area contributed by atoms with Crippen LogP contribution in [0.2, 0.25) is 0 Å². The highest BCUT2D eigenvalue weighted by Crippen LogP contribution is 2.43. The van der Waals surface area contributed by atoms with Crippen molar-refractivity contribution in [1.29, 1.82) is 0 Å². The zero-order chi connectivity index (χ0) is 39.0. The van der Waals surface area contributed by atoms with Crippen LogP contribution in [0, 0.1) is 6.92 Å². The molecule has 0 heterocycles. The molecular formula is C43H38Br2N2O8. The Morgan fingerprint density at radius 2 is 1.05 bits per heavy atom. The number of aromatic carboxylic acids is 1. The number of esters is 1. The van der Waals surface area contributed by atoms with Crippen molar-refractivity contribution in [2.45, 2.75) is 14.4 Å². The Labute approximate surface area is 337 Å². The van der Waals surface area contributed by atoms with Crippen LogP contribution in [0.1, 0.15) is 35.1 Å². The molecule has 6 rings (SSSR count). The molecule has 0 aromatic heterocycles. The Morgan fingerprint density at radius 1 is 0.636 bits per heavy atom. The summed E-state index contributed by atoms with van der Waals surface area (Å²) in [7, 11) is 1.40. The molecule has 0 radical (unpaired) electrons. The number of hydrogen-bond donors (Lipinski definition) is 1. The first-order valence-corrected chi connectivity index (χ1v) is 17.6. The van der Waals surface area contributed by atoms with Crippen LogP contribution < -0.4 is 14.5 Å². The molecule has 0 unspecified atom stereocenters. The second kappa shape index (κ2) is 21.4. The number of benzene rings is 6. The van der Waals surface area contributed by atoms with E-state index in [2.05, 4.69) is 36.8 Å². The van der Waals surface area contributed by atoms with E-state index in [0.717, 1.165) is 42.9 Å². The number of rotatable bonds is 10. The van der Waals surface area contributed by atoms with Gasteiger partial charge in [-0.25, -0.2) is 9.59 Å². The third-order valence-corrected chi connectivity index (χ3v) is 8.75. The van der Waals surface area contributed by atoms with Gasteiger partial charge in [-0.3, -0.25) is 4.79 Å². The van der Waals surface area contributed by atoms with E-state index in [1.807, 2.05) is 128 Å². The highest BCUT2D eigenvalue weighted by molar-refractivity contribution is 9.10. The Morgan fingerprint density at radius 3 is 1.49 bits per heavy atom. The fraction of sp³-hybridized carbons (Fsp3) is 0.0698. The molecule has 1 N–H and O–H groups in total. The normalized spacial score (nSPS) is 9.67. The van der Waals surface area contributed by atoms with Gasteiger partial charge in [0.2, 0.25) is 0 Å². The largest absolute Gasteiger partial charge is 0.478 e. The van der Waals surface area contributed by atoms with Gasteiger partial charge in [0.1, 0.15) is 5.69 Å². The number of hydrogen-bond acceptors (Lipinski definition) is 9. The Bertz CT molecular complexity index is 2220. The summed E-state index contributed by atoms with van der Waals surface area (Å²) in [6.45, 7) is 2.28. The SMILES string of the molecule is C.COC(=O)c1cccc(C)c1N(c1ccccc1)c1ccc(Br)cc1.O=C=O.O=COc1cccc(C(=O)O)c1N(c1ccccc1)c1ccc(Br)cc1.[2HH]. The van der Waals surface area contributed by atoms with Gasteiger partial charge in [0, 0.05) is 33.1 Å². The molecule has 0 aliphatic carbocycles. The van der Waals surface area contributed by atoms with E-state index in [0.29, 0.717) is 5.56 Å². The number of carboxylic acid groups (broad SMARTS) is 1. The number of ether oxygens (including phenoxy) is 2. The van der Waals surface area contributed by atoms with Gasteiger partial charge in [-0.1, -0.05) is 93.9 Å². The molecule has 55 heavy (non-hydrogen) atoms. The molecule has 0 atom stereocenters. The van der Waals surface area contributed by atoms with E-state index >= 15 is 0 Å². The maximum absolute atomic E-state index is 12.4. The van der Waals surface area contributed by atoms with Gasteiger partial charge in [0.25, 0.3) is 6.47 Å². The molecular weight excluding hydrogens is 832 g/mol. The minimum Gasteiger partial charge on any atom is -0.478 e. The summed E-state index contributed by atoms with van der Waals surface area (Å²) < 4.78 is 12.0. The number of carboxylic acids is 1. The summed E-state index contributed by atoms with van der Waals surface area (Å²) in [5, 5.41) is 9.67. The number of aryl methyl sites for hydroxylation is 1. The van der Waals surface area contributed by atoms with Gasteiger partial charge in [0.15, 0.2) is 5.75 Å².